The lowest BCUT2D eigenvalue weighted by Gasteiger charge is -2.43. The fourth-order valence-corrected chi connectivity index (χ4v) is 19.6. The molecule has 1 unspecified atom stereocenters. The lowest BCUT2D eigenvalue weighted by atomic mass is 10.4. The maximum absolute atomic E-state index is 6.69. The zero-order valence-corrected chi connectivity index (χ0v) is 16.3. The van der Waals surface area contributed by atoms with Gasteiger partial charge in [-0.3, -0.25) is 0 Å². The van der Waals surface area contributed by atoms with Gasteiger partial charge in [0.25, 0.3) is 0 Å². The second kappa shape index (κ2) is 6.36. The second-order valence-electron chi connectivity index (χ2n) is 6.02. The fraction of sp³-hybridized carbons (Fsp3) is 0.333. The van der Waals surface area contributed by atoms with Crippen molar-refractivity contribution in [3.63, 3.8) is 0 Å². The molecule has 1 aromatic rings. The summed E-state index contributed by atoms with van der Waals surface area (Å²) < 4.78 is 12.8. The van der Waals surface area contributed by atoms with E-state index in [9.17, 15) is 0 Å². The summed E-state index contributed by atoms with van der Waals surface area (Å²) in [4.78, 5) is 0. The van der Waals surface area contributed by atoms with Crippen LogP contribution in [0.5, 0.6) is 0 Å². The van der Waals surface area contributed by atoms with Crippen molar-refractivity contribution in [3.05, 3.63) is 54.9 Å². The Kier molecular flexibility index (Phi) is 5.51. The lowest BCUT2D eigenvalue weighted by Crippen LogP contribution is -2.72. The van der Waals surface area contributed by atoms with Crippen molar-refractivity contribution in [1.82, 2.24) is 0 Å². The van der Waals surface area contributed by atoms with E-state index < -0.39 is 24.0 Å². The Labute approximate surface area is 126 Å². The highest BCUT2D eigenvalue weighted by molar-refractivity contribution is 7.44. The molecule has 0 bridgehead atoms. The van der Waals surface area contributed by atoms with Crippen LogP contribution in [0.2, 0.25) is 26.2 Å². The molecule has 110 valence electrons. The Bertz CT molecular complexity index is 471. The summed E-state index contributed by atoms with van der Waals surface area (Å²) in [6.07, 6.45) is 0. The van der Waals surface area contributed by atoms with Gasteiger partial charge in [-0.15, -0.1) is 13.2 Å². The van der Waals surface area contributed by atoms with E-state index in [-0.39, 0.29) is 0 Å². The molecule has 0 spiro atoms. The van der Waals surface area contributed by atoms with Gasteiger partial charge in [0.05, 0.1) is 0 Å². The molecule has 0 fully saturated rings. The van der Waals surface area contributed by atoms with Crippen molar-refractivity contribution in [2.45, 2.75) is 26.2 Å². The second-order valence-corrected chi connectivity index (χ2v) is 22.4. The molecule has 5 heteroatoms. The third kappa shape index (κ3) is 3.29. The SMILES string of the molecule is C=C[Si](C)(C)O[Si](OC)(c1ccccc1)[Si](C)(C)C=C. The van der Waals surface area contributed by atoms with E-state index in [1.54, 1.807) is 7.11 Å². The van der Waals surface area contributed by atoms with Crippen molar-refractivity contribution >= 4 is 29.2 Å². The maximum atomic E-state index is 6.69. The van der Waals surface area contributed by atoms with Crippen LogP contribution in [0.3, 0.4) is 0 Å². The molecule has 0 radical (unpaired) electrons. The van der Waals surface area contributed by atoms with Gasteiger partial charge in [0, 0.05) is 7.11 Å². The molecular formula is C15H26O2Si3. The Morgan fingerprint density at radius 3 is 1.90 bits per heavy atom. The van der Waals surface area contributed by atoms with Crippen LogP contribution in [0.4, 0.5) is 0 Å². The topological polar surface area (TPSA) is 18.5 Å². The molecule has 0 aromatic heterocycles. The van der Waals surface area contributed by atoms with Gasteiger partial charge in [0.15, 0.2) is 8.32 Å². The highest BCUT2D eigenvalue weighted by atomic mass is 29.3. The summed E-state index contributed by atoms with van der Waals surface area (Å²) in [6.45, 7) is 16.9. The molecule has 0 aliphatic heterocycles. The summed E-state index contributed by atoms with van der Waals surface area (Å²) in [5.74, 6) is 0. The van der Waals surface area contributed by atoms with Gasteiger partial charge in [-0.1, -0.05) is 54.8 Å². The van der Waals surface area contributed by atoms with Gasteiger partial charge in [-0.25, -0.2) is 0 Å². The first-order valence-corrected chi connectivity index (χ1v) is 15.7. The molecule has 0 heterocycles. The quantitative estimate of drug-likeness (QED) is 0.716. The van der Waals surface area contributed by atoms with Gasteiger partial charge in [-0.2, -0.15) is 0 Å². The van der Waals surface area contributed by atoms with E-state index in [0.717, 1.165) is 0 Å². The van der Waals surface area contributed by atoms with E-state index in [0.29, 0.717) is 0 Å². The highest BCUT2D eigenvalue weighted by Crippen LogP contribution is 2.26. The van der Waals surface area contributed by atoms with Gasteiger partial charge >= 0.3 is 8.08 Å². The molecule has 0 aliphatic carbocycles. The van der Waals surface area contributed by atoms with Crippen molar-refractivity contribution in [3.8, 4) is 0 Å². The first-order valence-electron chi connectivity index (χ1n) is 6.83. The summed E-state index contributed by atoms with van der Waals surface area (Å²) in [6, 6.07) is 10.4. The molecule has 0 saturated carbocycles. The van der Waals surface area contributed by atoms with Crippen molar-refractivity contribution in [1.29, 1.82) is 0 Å². The smallest absolute Gasteiger partial charge is 0.343 e. The summed E-state index contributed by atoms with van der Waals surface area (Å²) in [7, 11) is -4.57. The van der Waals surface area contributed by atoms with Gasteiger partial charge in [0.2, 0.25) is 0 Å². The predicted octanol–water partition coefficient (Wildman–Crippen LogP) is 3.44. The lowest BCUT2D eigenvalue weighted by molar-refractivity contribution is 0.333. The monoisotopic (exact) mass is 322 g/mol. The summed E-state index contributed by atoms with van der Waals surface area (Å²) in [5, 5.41) is 1.20. The van der Waals surface area contributed by atoms with Crippen molar-refractivity contribution in [2.75, 3.05) is 7.11 Å². The molecule has 1 atom stereocenters. The standard InChI is InChI=1S/C15H26O2Si3/c1-8-18(4,5)17-20(16-3,19(6,7)9-2)15-13-11-10-12-14-15/h8-14H,1-2H2,3-7H3. The van der Waals surface area contributed by atoms with Gasteiger partial charge in [0.1, 0.15) is 7.59 Å². The average molecular weight is 323 g/mol. The number of hydrogen-bond acceptors (Lipinski definition) is 2. The van der Waals surface area contributed by atoms with Crippen LogP contribution < -0.4 is 5.19 Å². The largest absolute Gasteiger partial charge is 0.431 e. The van der Waals surface area contributed by atoms with Crippen LogP contribution in [-0.2, 0) is 8.54 Å². The van der Waals surface area contributed by atoms with E-state index >= 15 is 0 Å². The Morgan fingerprint density at radius 2 is 1.50 bits per heavy atom. The molecule has 0 saturated heterocycles. The fourth-order valence-electron chi connectivity index (χ4n) is 2.19. The first kappa shape index (κ1) is 17.3. The molecule has 0 aliphatic rings. The van der Waals surface area contributed by atoms with Crippen LogP contribution in [0.1, 0.15) is 0 Å². The zero-order valence-electron chi connectivity index (χ0n) is 13.3. The van der Waals surface area contributed by atoms with Crippen LogP contribution in [-0.4, -0.2) is 31.1 Å². The third-order valence-electron chi connectivity index (χ3n) is 3.70. The van der Waals surface area contributed by atoms with Crippen LogP contribution in [0.25, 0.3) is 0 Å². The highest BCUT2D eigenvalue weighted by Gasteiger charge is 2.55. The van der Waals surface area contributed by atoms with Crippen LogP contribution in [0.15, 0.2) is 54.9 Å². The van der Waals surface area contributed by atoms with E-state index in [1.165, 1.54) is 5.19 Å². The van der Waals surface area contributed by atoms with E-state index in [1.807, 2.05) is 11.8 Å². The van der Waals surface area contributed by atoms with Gasteiger partial charge in [-0.05, 0) is 18.3 Å². The van der Waals surface area contributed by atoms with Crippen molar-refractivity contribution in [2.24, 2.45) is 0 Å². The minimum absolute atomic E-state index is 1.20. The molecule has 20 heavy (non-hydrogen) atoms. The predicted molar refractivity (Wildman–Crippen MR) is 95.3 cm³/mol. The molecule has 1 aromatic carbocycles. The van der Waals surface area contributed by atoms with E-state index in [4.69, 9.17) is 8.54 Å². The summed E-state index contributed by atoms with van der Waals surface area (Å²) in [5.41, 5.74) is 4.06. The average Bonchev–Trinajstić information content (AvgIpc) is 2.45. The molecule has 1 rings (SSSR count). The number of rotatable bonds is 7. The normalized spacial score (nSPS) is 15.4. The zero-order chi connectivity index (χ0) is 15.4. The van der Waals surface area contributed by atoms with Crippen molar-refractivity contribution < 1.29 is 8.54 Å². The number of hydrogen-bond donors (Lipinski definition) is 0. The summed E-state index contributed by atoms with van der Waals surface area (Å²) >= 11 is 0. The first-order chi connectivity index (χ1) is 9.24. The number of benzene rings is 1. The molecule has 0 N–H and O–H groups in total. The third-order valence-corrected chi connectivity index (χ3v) is 20.4. The Morgan fingerprint density at radius 1 is 0.950 bits per heavy atom. The van der Waals surface area contributed by atoms with Crippen LogP contribution >= 0.6 is 0 Å². The van der Waals surface area contributed by atoms with E-state index in [2.05, 4.69) is 69.3 Å². The van der Waals surface area contributed by atoms with Gasteiger partial charge < -0.3 is 8.54 Å². The maximum Gasteiger partial charge on any atom is 0.343 e. The van der Waals surface area contributed by atoms with Crippen LogP contribution in [0, 0.1) is 0 Å². The molecule has 2 nitrogen and oxygen atoms in total. The Hall–Kier alpha value is -0.729. The molecular weight excluding hydrogens is 296 g/mol. The minimum Gasteiger partial charge on any atom is -0.431 e. The molecule has 0 amide bonds. The minimum atomic E-state index is -2.52. The Balaban J connectivity index is 3.46.